The van der Waals surface area contributed by atoms with Gasteiger partial charge in [-0.1, -0.05) is 18.2 Å². The lowest BCUT2D eigenvalue weighted by Gasteiger charge is -2.03. The second-order valence-corrected chi connectivity index (χ2v) is 6.76. The van der Waals surface area contributed by atoms with Gasteiger partial charge in [0.05, 0.1) is 4.90 Å². The summed E-state index contributed by atoms with van der Waals surface area (Å²) >= 11 is 0. The number of hydrogen-bond acceptors (Lipinski definition) is 5. The highest BCUT2D eigenvalue weighted by atomic mass is 32.2. The van der Waals surface area contributed by atoms with E-state index in [2.05, 4.69) is 20.1 Å². The Morgan fingerprint density at radius 1 is 1.04 bits per heavy atom. The van der Waals surface area contributed by atoms with E-state index < -0.39 is 9.84 Å². The van der Waals surface area contributed by atoms with Gasteiger partial charge in [0.1, 0.15) is 22.3 Å². The molecular formula is C15H11N5O2S. The minimum atomic E-state index is -3.66. The average Bonchev–Trinajstić information content (AvgIpc) is 3.25. The summed E-state index contributed by atoms with van der Waals surface area (Å²) in [6.07, 6.45) is 6.12. The normalized spacial score (nSPS) is 11.8. The van der Waals surface area contributed by atoms with Gasteiger partial charge in [0, 0.05) is 18.6 Å². The summed E-state index contributed by atoms with van der Waals surface area (Å²) in [5.41, 5.74) is 0.861. The van der Waals surface area contributed by atoms with Crippen LogP contribution in [-0.4, -0.2) is 33.2 Å². The lowest BCUT2D eigenvalue weighted by atomic mass is 10.4. The van der Waals surface area contributed by atoms with Gasteiger partial charge in [-0.2, -0.15) is 5.10 Å². The standard InChI is InChI=1S/C15H11N5O2S/c21-23(22,11-5-2-1-3-6-11)12-9-16-14-13(12)17-10-18-15(14)20-8-4-7-19-20/h1-10,16H. The van der Waals surface area contributed by atoms with Gasteiger partial charge in [-0.15, -0.1) is 0 Å². The van der Waals surface area contributed by atoms with Gasteiger partial charge in [0.15, 0.2) is 5.82 Å². The van der Waals surface area contributed by atoms with Crippen LogP contribution in [0.4, 0.5) is 0 Å². The molecule has 4 aromatic rings. The van der Waals surface area contributed by atoms with E-state index in [0.717, 1.165) is 0 Å². The number of nitrogens with zero attached hydrogens (tertiary/aromatic N) is 4. The number of rotatable bonds is 3. The van der Waals surface area contributed by atoms with Crippen LogP contribution in [-0.2, 0) is 9.84 Å². The summed E-state index contributed by atoms with van der Waals surface area (Å²) in [4.78, 5) is 11.6. The number of fused-ring (bicyclic) bond motifs is 1. The Labute approximate surface area is 131 Å². The molecule has 1 aromatic carbocycles. The maximum absolute atomic E-state index is 12.8. The third kappa shape index (κ3) is 2.11. The van der Waals surface area contributed by atoms with Crippen molar-refractivity contribution >= 4 is 20.9 Å². The van der Waals surface area contributed by atoms with Crippen LogP contribution in [0.1, 0.15) is 0 Å². The number of hydrogen-bond donors (Lipinski definition) is 1. The van der Waals surface area contributed by atoms with Crippen LogP contribution in [0.5, 0.6) is 0 Å². The second kappa shape index (κ2) is 5.03. The Kier molecular flexibility index (Phi) is 2.98. The topological polar surface area (TPSA) is 93.5 Å². The SMILES string of the molecule is O=S(=O)(c1ccccc1)c1c[nH]c2c(-n3cccn3)ncnc12. The van der Waals surface area contributed by atoms with Crippen molar-refractivity contribution in [1.29, 1.82) is 0 Å². The van der Waals surface area contributed by atoms with Crippen LogP contribution < -0.4 is 0 Å². The maximum Gasteiger partial charge on any atom is 0.210 e. The van der Waals surface area contributed by atoms with E-state index in [1.54, 1.807) is 53.5 Å². The van der Waals surface area contributed by atoms with Crippen molar-refractivity contribution in [3.8, 4) is 5.82 Å². The molecule has 7 nitrogen and oxygen atoms in total. The largest absolute Gasteiger partial charge is 0.355 e. The van der Waals surface area contributed by atoms with E-state index >= 15 is 0 Å². The van der Waals surface area contributed by atoms with Gasteiger partial charge in [0.2, 0.25) is 9.84 Å². The summed E-state index contributed by atoms with van der Waals surface area (Å²) in [5, 5.41) is 4.12. The Morgan fingerprint density at radius 2 is 1.87 bits per heavy atom. The van der Waals surface area contributed by atoms with Crippen molar-refractivity contribution in [1.82, 2.24) is 24.7 Å². The molecular weight excluding hydrogens is 314 g/mol. The van der Waals surface area contributed by atoms with Crippen molar-refractivity contribution in [3.63, 3.8) is 0 Å². The molecule has 114 valence electrons. The van der Waals surface area contributed by atoms with Gasteiger partial charge >= 0.3 is 0 Å². The number of aromatic nitrogens is 5. The van der Waals surface area contributed by atoms with Crippen LogP contribution in [0, 0.1) is 0 Å². The second-order valence-electron chi connectivity index (χ2n) is 4.84. The molecule has 1 N–H and O–H groups in total. The molecule has 0 atom stereocenters. The van der Waals surface area contributed by atoms with E-state index in [1.807, 2.05) is 0 Å². The summed E-state index contributed by atoms with van der Waals surface area (Å²) in [6, 6.07) is 10.0. The minimum Gasteiger partial charge on any atom is -0.355 e. The van der Waals surface area contributed by atoms with Crippen molar-refractivity contribution in [2.75, 3.05) is 0 Å². The van der Waals surface area contributed by atoms with E-state index in [-0.39, 0.29) is 9.79 Å². The first kappa shape index (κ1) is 13.6. The van der Waals surface area contributed by atoms with Crippen molar-refractivity contribution in [3.05, 3.63) is 61.3 Å². The quantitative estimate of drug-likeness (QED) is 0.621. The molecule has 0 aliphatic rings. The predicted octanol–water partition coefficient (Wildman–Crippen LogP) is 1.98. The Bertz CT molecular complexity index is 1070. The van der Waals surface area contributed by atoms with Crippen LogP contribution in [0.25, 0.3) is 16.9 Å². The molecule has 0 aliphatic carbocycles. The maximum atomic E-state index is 12.8. The zero-order valence-corrected chi connectivity index (χ0v) is 12.6. The van der Waals surface area contributed by atoms with Crippen LogP contribution >= 0.6 is 0 Å². The molecule has 0 saturated carbocycles. The highest BCUT2D eigenvalue weighted by molar-refractivity contribution is 7.91. The first-order valence-corrected chi connectivity index (χ1v) is 8.28. The monoisotopic (exact) mass is 325 g/mol. The van der Waals surface area contributed by atoms with E-state index in [4.69, 9.17) is 0 Å². The van der Waals surface area contributed by atoms with Gasteiger partial charge in [-0.3, -0.25) is 0 Å². The molecule has 0 saturated heterocycles. The smallest absolute Gasteiger partial charge is 0.210 e. The van der Waals surface area contributed by atoms with Crippen LogP contribution in [0.2, 0.25) is 0 Å². The molecule has 3 aromatic heterocycles. The third-order valence-corrected chi connectivity index (χ3v) is 5.26. The molecule has 23 heavy (non-hydrogen) atoms. The van der Waals surface area contributed by atoms with Crippen molar-refractivity contribution in [2.45, 2.75) is 9.79 Å². The number of H-pyrrole nitrogens is 1. The molecule has 0 spiro atoms. The molecule has 0 amide bonds. The fourth-order valence-electron chi connectivity index (χ4n) is 2.40. The van der Waals surface area contributed by atoms with Crippen LogP contribution in [0.15, 0.2) is 71.1 Å². The van der Waals surface area contributed by atoms with Gasteiger partial charge in [-0.25, -0.2) is 23.1 Å². The molecule has 0 unspecified atom stereocenters. The Morgan fingerprint density at radius 3 is 2.61 bits per heavy atom. The number of benzene rings is 1. The van der Waals surface area contributed by atoms with Crippen molar-refractivity contribution < 1.29 is 8.42 Å². The molecule has 4 rings (SSSR count). The fourth-order valence-corrected chi connectivity index (χ4v) is 3.79. The zero-order valence-electron chi connectivity index (χ0n) is 11.8. The van der Waals surface area contributed by atoms with E-state index in [1.165, 1.54) is 12.5 Å². The predicted molar refractivity (Wildman–Crippen MR) is 82.9 cm³/mol. The molecule has 3 heterocycles. The molecule has 0 radical (unpaired) electrons. The molecule has 0 bridgehead atoms. The highest BCUT2D eigenvalue weighted by Gasteiger charge is 2.24. The van der Waals surface area contributed by atoms with Gasteiger partial charge < -0.3 is 4.98 Å². The summed E-state index contributed by atoms with van der Waals surface area (Å²) in [5.74, 6) is 0.495. The van der Waals surface area contributed by atoms with Gasteiger partial charge in [-0.05, 0) is 18.2 Å². The number of aromatic amines is 1. The van der Waals surface area contributed by atoms with E-state index in [9.17, 15) is 8.42 Å². The minimum absolute atomic E-state index is 0.120. The van der Waals surface area contributed by atoms with Gasteiger partial charge in [0.25, 0.3) is 0 Å². The lowest BCUT2D eigenvalue weighted by Crippen LogP contribution is -2.03. The number of sulfone groups is 1. The highest BCUT2D eigenvalue weighted by Crippen LogP contribution is 2.28. The molecule has 0 aliphatic heterocycles. The van der Waals surface area contributed by atoms with Crippen LogP contribution in [0.3, 0.4) is 0 Å². The first-order chi connectivity index (χ1) is 11.2. The fraction of sp³-hybridized carbons (Fsp3) is 0. The third-order valence-electron chi connectivity index (χ3n) is 3.47. The Hall–Kier alpha value is -3.00. The van der Waals surface area contributed by atoms with E-state index in [0.29, 0.717) is 16.9 Å². The lowest BCUT2D eigenvalue weighted by molar-refractivity contribution is 0.597. The molecule has 0 fully saturated rings. The zero-order chi connectivity index (χ0) is 15.9. The summed E-state index contributed by atoms with van der Waals surface area (Å²) in [6.45, 7) is 0. The number of nitrogens with one attached hydrogen (secondary N) is 1. The molecule has 8 heteroatoms. The Balaban J connectivity index is 1.96. The summed E-state index contributed by atoms with van der Waals surface area (Å²) in [7, 11) is -3.66. The average molecular weight is 325 g/mol. The first-order valence-electron chi connectivity index (χ1n) is 6.80. The summed E-state index contributed by atoms with van der Waals surface area (Å²) < 4.78 is 27.2. The van der Waals surface area contributed by atoms with Crippen molar-refractivity contribution in [2.24, 2.45) is 0 Å².